The zero-order valence-electron chi connectivity index (χ0n) is 8.28. The van der Waals surface area contributed by atoms with Gasteiger partial charge in [-0.25, -0.2) is 9.97 Å². The minimum atomic E-state index is -0.426. The van der Waals surface area contributed by atoms with Gasteiger partial charge in [-0.3, -0.25) is 9.79 Å². The molecule has 1 aromatic rings. The first-order chi connectivity index (χ1) is 7.50. The summed E-state index contributed by atoms with van der Waals surface area (Å²) >= 11 is 11.2. The highest BCUT2D eigenvalue weighted by Crippen LogP contribution is 2.18. The number of carbonyl (C=O) groups excluding carboxylic acids is 1. The molecule has 16 heavy (non-hydrogen) atoms. The maximum Gasteiger partial charge on any atom is 0.304 e. The zero-order valence-corrected chi connectivity index (χ0v) is 9.79. The molecule has 0 fully saturated rings. The number of anilines is 1. The average Bonchev–Trinajstić information content (AvgIpc) is 2.19. The van der Waals surface area contributed by atoms with E-state index >= 15 is 0 Å². The van der Waals surface area contributed by atoms with Gasteiger partial charge in [-0.15, -0.1) is 0 Å². The lowest BCUT2D eigenvalue weighted by Gasteiger charge is -2.00. The molecule has 1 heterocycles. The van der Waals surface area contributed by atoms with Crippen LogP contribution in [-0.4, -0.2) is 28.9 Å². The van der Waals surface area contributed by atoms with E-state index in [4.69, 9.17) is 28.9 Å². The number of esters is 1. The summed E-state index contributed by atoms with van der Waals surface area (Å²) < 4.78 is 4.57. The van der Waals surface area contributed by atoms with Gasteiger partial charge in [0.25, 0.3) is 0 Å². The van der Waals surface area contributed by atoms with Crippen molar-refractivity contribution in [1.29, 1.82) is 0 Å². The first-order valence-corrected chi connectivity index (χ1v) is 4.88. The van der Waals surface area contributed by atoms with E-state index in [2.05, 4.69) is 19.7 Å². The van der Waals surface area contributed by atoms with Crippen LogP contribution in [-0.2, 0) is 9.53 Å². The molecule has 0 aromatic carbocycles. The molecule has 0 amide bonds. The van der Waals surface area contributed by atoms with Crippen molar-refractivity contribution >= 4 is 41.2 Å². The molecule has 2 N–H and O–H groups in total. The third-order valence-electron chi connectivity index (χ3n) is 1.43. The number of nitrogens with two attached hydrogens (primary N) is 1. The summed E-state index contributed by atoms with van der Waals surface area (Å²) in [5, 5.41) is 0.0566. The first-order valence-electron chi connectivity index (χ1n) is 4.12. The predicted octanol–water partition coefficient (Wildman–Crippen LogP) is 1.31. The van der Waals surface area contributed by atoms with Crippen molar-refractivity contribution in [2.75, 3.05) is 12.5 Å². The van der Waals surface area contributed by atoms with Gasteiger partial charge in [0.05, 0.1) is 6.21 Å². The summed E-state index contributed by atoms with van der Waals surface area (Å²) in [4.78, 5) is 21.8. The van der Waals surface area contributed by atoms with Crippen LogP contribution in [0.4, 0.5) is 5.82 Å². The van der Waals surface area contributed by atoms with Crippen LogP contribution in [0.25, 0.3) is 0 Å². The first kappa shape index (κ1) is 12.7. The highest BCUT2D eigenvalue weighted by atomic mass is 35.5. The Morgan fingerprint density at radius 2 is 2.12 bits per heavy atom. The number of halogens is 2. The molecule has 0 spiro atoms. The minimum Gasteiger partial charge on any atom is -0.443 e. The number of hydrogen-bond acceptors (Lipinski definition) is 6. The predicted molar refractivity (Wildman–Crippen MR) is 60.7 cm³/mol. The third-order valence-corrected chi connectivity index (χ3v) is 2.05. The van der Waals surface area contributed by atoms with Gasteiger partial charge in [0.15, 0.2) is 22.9 Å². The highest BCUT2D eigenvalue weighted by Gasteiger charge is 2.06. The van der Waals surface area contributed by atoms with Crippen LogP contribution >= 0.6 is 23.2 Å². The summed E-state index contributed by atoms with van der Waals surface area (Å²) in [6.07, 6.45) is 1.30. The van der Waals surface area contributed by atoms with E-state index in [0.29, 0.717) is 0 Å². The van der Waals surface area contributed by atoms with E-state index in [1.54, 1.807) is 0 Å². The molecule has 8 heteroatoms. The Morgan fingerprint density at radius 1 is 1.50 bits per heavy atom. The van der Waals surface area contributed by atoms with E-state index < -0.39 is 5.97 Å². The number of carbonyl (C=O) groups is 1. The van der Waals surface area contributed by atoms with Crippen molar-refractivity contribution in [3.8, 4) is 0 Å². The van der Waals surface area contributed by atoms with Crippen LogP contribution in [0.15, 0.2) is 4.99 Å². The van der Waals surface area contributed by atoms with Crippen molar-refractivity contribution in [2.45, 2.75) is 6.92 Å². The van der Waals surface area contributed by atoms with Gasteiger partial charge in [-0.05, 0) is 0 Å². The topological polar surface area (TPSA) is 90.5 Å². The quantitative estimate of drug-likeness (QED) is 0.655. The monoisotopic (exact) mass is 262 g/mol. The second kappa shape index (κ2) is 5.62. The van der Waals surface area contributed by atoms with Crippen LogP contribution in [0.3, 0.4) is 0 Å². The Labute approximate surface area is 101 Å². The molecular weight excluding hydrogens is 255 g/mol. The van der Waals surface area contributed by atoms with Gasteiger partial charge in [-0.1, -0.05) is 23.2 Å². The fourth-order valence-electron chi connectivity index (χ4n) is 0.765. The molecule has 0 unspecified atom stereocenters. The smallest absolute Gasteiger partial charge is 0.304 e. The number of nitrogens with zero attached hydrogens (tertiary/aromatic N) is 3. The molecule has 86 valence electrons. The Kier molecular flexibility index (Phi) is 4.45. The fraction of sp³-hybridized carbons (Fsp3) is 0.250. The minimum absolute atomic E-state index is 0.0244. The van der Waals surface area contributed by atoms with Crippen molar-refractivity contribution in [3.63, 3.8) is 0 Å². The molecule has 0 saturated heterocycles. The SMILES string of the molecule is CC(=O)OCN=Cc1nc(Cl)c(Cl)nc1N. The number of aromatic nitrogens is 2. The number of aliphatic imine (C=N–C) groups is 1. The molecule has 1 rings (SSSR count). The molecule has 6 nitrogen and oxygen atoms in total. The van der Waals surface area contributed by atoms with Crippen molar-refractivity contribution in [3.05, 3.63) is 16.0 Å². The molecule has 0 saturated carbocycles. The van der Waals surface area contributed by atoms with E-state index in [0.717, 1.165) is 0 Å². The maximum absolute atomic E-state index is 10.4. The standard InChI is InChI=1S/C8H8Cl2N4O2/c1-4(15)16-3-12-2-5-8(11)14-7(10)6(9)13-5/h2H,3H2,1H3,(H2,11,14). The van der Waals surface area contributed by atoms with Gasteiger partial charge in [0.2, 0.25) is 0 Å². The summed E-state index contributed by atoms with van der Waals surface area (Å²) in [5.41, 5.74) is 5.78. The Morgan fingerprint density at radius 3 is 2.75 bits per heavy atom. The highest BCUT2D eigenvalue weighted by molar-refractivity contribution is 6.40. The van der Waals surface area contributed by atoms with Crippen molar-refractivity contribution < 1.29 is 9.53 Å². The molecule has 0 aliphatic heterocycles. The molecule has 0 radical (unpaired) electrons. The molecular formula is C8H8Cl2N4O2. The zero-order chi connectivity index (χ0) is 12.1. The third kappa shape index (κ3) is 3.63. The molecule has 0 atom stereocenters. The maximum atomic E-state index is 10.4. The van der Waals surface area contributed by atoms with Crippen LogP contribution in [0.5, 0.6) is 0 Å². The summed E-state index contributed by atoms with van der Waals surface area (Å²) in [6, 6.07) is 0. The second-order valence-electron chi connectivity index (χ2n) is 2.65. The number of hydrogen-bond donors (Lipinski definition) is 1. The van der Waals surface area contributed by atoms with Crippen LogP contribution in [0.2, 0.25) is 10.3 Å². The van der Waals surface area contributed by atoms with Crippen LogP contribution in [0.1, 0.15) is 12.6 Å². The van der Waals surface area contributed by atoms with Crippen LogP contribution < -0.4 is 5.73 Å². The van der Waals surface area contributed by atoms with E-state index in [1.165, 1.54) is 13.1 Å². The van der Waals surface area contributed by atoms with Gasteiger partial charge >= 0.3 is 5.97 Å². The molecule has 0 bridgehead atoms. The lowest BCUT2D eigenvalue weighted by Crippen LogP contribution is -2.03. The van der Waals surface area contributed by atoms with E-state index in [-0.39, 0.29) is 28.5 Å². The largest absolute Gasteiger partial charge is 0.443 e. The van der Waals surface area contributed by atoms with Crippen molar-refractivity contribution in [1.82, 2.24) is 9.97 Å². The number of rotatable bonds is 3. The van der Waals surface area contributed by atoms with E-state index in [9.17, 15) is 4.79 Å². The number of ether oxygens (including phenoxy) is 1. The Balaban J connectivity index is 2.73. The van der Waals surface area contributed by atoms with Gasteiger partial charge in [-0.2, -0.15) is 0 Å². The summed E-state index contributed by atoms with van der Waals surface area (Å²) in [5.74, 6) is -0.327. The molecule has 1 aromatic heterocycles. The van der Waals surface area contributed by atoms with Gasteiger partial charge in [0.1, 0.15) is 5.69 Å². The van der Waals surface area contributed by atoms with Crippen molar-refractivity contribution in [2.24, 2.45) is 4.99 Å². The second-order valence-corrected chi connectivity index (χ2v) is 3.37. The van der Waals surface area contributed by atoms with Gasteiger partial charge in [0, 0.05) is 6.92 Å². The lowest BCUT2D eigenvalue weighted by atomic mass is 10.4. The van der Waals surface area contributed by atoms with Gasteiger partial charge < -0.3 is 10.5 Å². The fourth-order valence-corrected chi connectivity index (χ4v) is 1.03. The van der Waals surface area contributed by atoms with E-state index in [1.807, 2.05) is 0 Å². The lowest BCUT2D eigenvalue weighted by molar-refractivity contribution is -0.140. The molecule has 0 aliphatic rings. The Bertz CT molecular complexity index is 436. The summed E-state index contributed by atoms with van der Waals surface area (Å²) in [7, 11) is 0. The Hall–Kier alpha value is -1.40. The average molecular weight is 263 g/mol. The normalized spacial score (nSPS) is 10.7. The summed E-state index contributed by atoms with van der Waals surface area (Å²) in [6.45, 7) is 1.17. The molecule has 0 aliphatic carbocycles. The van der Waals surface area contributed by atoms with Crippen LogP contribution in [0, 0.1) is 0 Å². The number of nitrogen functional groups attached to an aromatic ring is 1.